The Morgan fingerprint density at radius 3 is 2.75 bits per heavy atom. The molecule has 1 heterocycles. The Hall–Kier alpha value is -1.71. The number of likely N-dealkylation sites (N-methyl/N-ethyl adjacent to an activating group) is 1. The number of rotatable bonds is 2. The number of benzene rings is 1. The van der Waals surface area contributed by atoms with Gasteiger partial charge in [0.1, 0.15) is 0 Å². The summed E-state index contributed by atoms with van der Waals surface area (Å²) in [6, 6.07) is 5.75. The van der Waals surface area contributed by atoms with Gasteiger partial charge in [0.2, 0.25) is 12.7 Å². The first-order valence-corrected chi connectivity index (χ1v) is 5.38. The zero-order chi connectivity index (χ0) is 11.2. The molecule has 1 aromatic carbocycles. The molecule has 1 aromatic rings. The molecule has 0 atom stereocenters. The number of carbonyl (C=O) groups is 1. The molecule has 2 aliphatic rings. The highest BCUT2D eigenvalue weighted by Gasteiger charge is 2.51. The maximum atomic E-state index is 11.8. The molecule has 3 rings (SSSR count). The molecule has 4 heteroatoms. The number of ether oxygens (including phenoxy) is 2. The molecule has 1 saturated carbocycles. The van der Waals surface area contributed by atoms with Crippen LogP contribution < -0.4 is 14.8 Å². The van der Waals surface area contributed by atoms with Crippen LogP contribution in [0.2, 0.25) is 0 Å². The Bertz CT molecular complexity index is 452. The van der Waals surface area contributed by atoms with Crippen LogP contribution in [0.1, 0.15) is 18.4 Å². The summed E-state index contributed by atoms with van der Waals surface area (Å²) in [7, 11) is 1.68. The van der Waals surface area contributed by atoms with Gasteiger partial charge >= 0.3 is 0 Å². The van der Waals surface area contributed by atoms with Gasteiger partial charge in [-0.1, -0.05) is 6.07 Å². The third-order valence-corrected chi connectivity index (χ3v) is 3.34. The van der Waals surface area contributed by atoms with Crippen LogP contribution in [-0.4, -0.2) is 19.7 Å². The largest absolute Gasteiger partial charge is 0.454 e. The summed E-state index contributed by atoms with van der Waals surface area (Å²) in [5.74, 6) is 1.59. The quantitative estimate of drug-likeness (QED) is 0.812. The van der Waals surface area contributed by atoms with Gasteiger partial charge in [-0.25, -0.2) is 0 Å². The maximum Gasteiger partial charge on any atom is 0.231 e. The second-order valence-corrected chi connectivity index (χ2v) is 4.23. The van der Waals surface area contributed by atoms with Gasteiger partial charge in [0.05, 0.1) is 5.41 Å². The summed E-state index contributed by atoms with van der Waals surface area (Å²) in [4.78, 5) is 11.8. The number of amides is 1. The van der Waals surface area contributed by atoms with Crippen molar-refractivity contribution in [3.05, 3.63) is 23.8 Å². The monoisotopic (exact) mass is 219 g/mol. The third-order valence-electron chi connectivity index (χ3n) is 3.34. The van der Waals surface area contributed by atoms with E-state index in [-0.39, 0.29) is 18.1 Å². The van der Waals surface area contributed by atoms with Crippen molar-refractivity contribution in [3.8, 4) is 11.5 Å². The average Bonchev–Trinajstić information content (AvgIpc) is 3.00. The van der Waals surface area contributed by atoms with Gasteiger partial charge < -0.3 is 14.8 Å². The first-order chi connectivity index (χ1) is 7.76. The maximum absolute atomic E-state index is 11.8. The first kappa shape index (κ1) is 9.51. The number of nitrogens with one attached hydrogen (secondary N) is 1. The fourth-order valence-electron chi connectivity index (χ4n) is 2.21. The van der Waals surface area contributed by atoms with Gasteiger partial charge in [0.25, 0.3) is 0 Å². The minimum Gasteiger partial charge on any atom is -0.454 e. The minimum absolute atomic E-state index is 0.0892. The van der Waals surface area contributed by atoms with Crippen molar-refractivity contribution in [1.29, 1.82) is 0 Å². The van der Waals surface area contributed by atoms with Crippen LogP contribution in [0.3, 0.4) is 0 Å². The highest BCUT2D eigenvalue weighted by Crippen LogP contribution is 2.50. The normalized spacial score (nSPS) is 19.3. The molecule has 4 nitrogen and oxygen atoms in total. The molecule has 0 radical (unpaired) electrons. The molecule has 1 aliphatic carbocycles. The number of hydrogen-bond donors (Lipinski definition) is 1. The number of fused-ring (bicyclic) bond motifs is 1. The van der Waals surface area contributed by atoms with E-state index >= 15 is 0 Å². The Morgan fingerprint density at radius 2 is 2.06 bits per heavy atom. The fraction of sp³-hybridized carbons (Fsp3) is 0.417. The highest BCUT2D eigenvalue weighted by atomic mass is 16.7. The van der Waals surface area contributed by atoms with Gasteiger partial charge in [0, 0.05) is 7.05 Å². The molecule has 1 fully saturated rings. The van der Waals surface area contributed by atoms with Crippen molar-refractivity contribution in [1.82, 2.24) is 5.32 Å². The van der Waals surface area contributed by atoms with Crippen LogP contribution in [0, 0.1) is 0 Å². The number of hydrogen-bond acceptors (Lipinski definition) is 3. The van der Waals surface area contributed by atoms with E-state index in [1.54, 1.807) is 7.05 Å². The standard InChI is InChI=1S/C12H13NO3/c1-13-11(14)12(4-5-12)8-2-3-9-10(6-8)16-7-15-9/h2-3,6H,4-5,7H2,1H3,(H,13,14). The Balaban J connectivity index is 1.99. The second-order valence-electron chi connectivity index (χ2n) is 4.23. The fourth-order valence-corrected chi connectivity index (χ4v) is 2.21. The molecular formula is C12H13NO3. The molecular weight excluding hydrogens is 206 g/mol. The molecule has 16 heavy (non-hydrogen) atoms. The predicted molar refractivity (Wildman–Crippen MR) is 57.5 cm³/mol. The lowest BCUT2D eigenvalue weighted by molar-refractivity contribution is -0.123. The van der Waals surface area contributed by atoms with Crippen LogP contribution in [-0.2, 0) is 10.2 Å². The zero-order valence-corrected chi connectivity index (χ0v) is 9.08. The second kappa shape index (κ2) is 3.14. The highest BCUT2D eigenvalue weighted by molar-refractivity contribution is 5.91. The van der Waals surface area contributed by atoms with E-state index in [1.165, 1.54) is 0 Å². The van der Waals surface area contributed by atoms with E-state index in [0.717, 1.165) is 29.9 Å². The predicted octanol–water partition coefficient (Wildman–Crippen LogP) is 1.19. The molecule has 84 valence electrons. The van der Waals surface area contributed by atoms with E-state index in [9.17, 15) is 4.79 Å². The smallest absolute Gasteiger partial charge is 0.231 e. The van der Waals surface area contributed by atoms with E-state index in [2.05, 4.69) is 5.32 Å². The lowest BCUT2D eigenvalue weighted by Gasteiger charge is -2.14. The lowest BCUT2D eigenvalue weighted by Crippen LogP contribution is -2.31. The van der Waals surface area contributed by atoms with E-state index < -0.39 is 0 Å². The molecule has 0 bridgehead atoms. The lowest BCUT2D eigenvalue weighted by atomic mass is 9.94. The Labute approximate surface area is 93.5 Å². The number of carbonyl (C=O) groups excluding carboxylic acids is 1. The van der Waals surface area contributed by atoms with Crippen LogP contribution in [0.15, 0.2) is 18.2 Å². The van der Waals surface area contributed by atoms with Gasteiger partial charge in [-0.3, -0.25) is 4.79 Å². The molecule has 0 aromatic heterocycles. The van der Waals surface area contributed by atoms with Crippen LogP contribution in [0.25, 0.3) is 0 Å². The van der Waals surface area contributed by atoms with Crippen molar-refractivity contribution < 1.29 is 14.3 Å². The molecule has 0 spiro atoms. The first-order valence-electron chi connectivity index (χ1n) is 5.38. The Morgan fingerprint density at radius 1 is 1.31 bits per heavy atom. The van der Waals surface area contributed by atoms with Gasteiger partial charge in [0.15, 0.2) is 11.5 Å². The summed E-state index contributed by atoms with van der Waals surface area (Å²) in [5, 5.41) is 2.72. The zero-order valence-electron chi connectivity index (χ0n) is 9.08. The molecule has 0 saturated heterocycles. The van der Waals surface area contributed by atoms with Crippen molar-refractivity contribution >= 4 is 5.91 Å². The van der Waals surface area contributed by atoms with Crippen LogP contribution in [0.5, 0.6) is 11.5 Å². The van der Waals surface area contributed by atoms with E-state index in [0.29, 0.717) is 0 Å². The summed E-state index contributed by atoms with van der Waals surface area (Å²) < 4.78 is 10.6. The van der Waals surface area contributed by atoms with E-state index in [1.807, 2.05) is 18.2 Å². The Kier molecular flexibility index (Phi) is 1.87. The SMILES string of the molecule is CNC(=O)C1(c2ccc3c(c2)OCO3)CC1. The minimum atomic E-state index is -0.324. The van der Waals surface area contributed by atoms with Crippen molar-refractivity contribution in [2.24, 2.45) is 0 Å². The topological polar surface area (TPSA) is 47.6 Å². The molecule has 1 N–H and O–H groups in total. The van der Waals surface area contributed by atoms with Crippen LogP contribution in [0.4, 0.5) is 0 Å². The molecule has 0 unspecified atom stereocenters. The van der Waals surface area contributed by atoms with Crippen LogP contribution >= 0.6 is 0 Å². The van der Waals surface area contributed by atoms with Crippen molar-refractivity contribution in [2.75, 3.05) is 13.8 Å². The third kappa shape index (κ3) is 1.19. The van der Waals surface area contributed by atoms with Gasteiger partial charge in [-0.05, 0) is 30.5 Å². The van der Waals surface area contributed by atoms with Gasteiger partial charge in [-0.15, -0.1) is 0 Å². The molecule has 1 amide bonds. The summed E-state index contributed by atoms with van der Waals surface area (Å²) in [6.45, 7) is 0.270. The summed E-state index contributed by atoms with van der Waals surface area (Å²) in [5.41, 5.74) is 0.700. The molecule has 1 aliphatic heterocycles. The average molecular weight is 219 g/mol. The van der Waals surface area contributed by atoms with Crippen molar-refractivity contribution in [2.45, 2.75) is 18.3 Å². The summed E-state index contributed by atoms with van der Waals surface area (Å²) in [6.07, 6.45) is 1.82. The van der Waals surface area contributed by atoms with E-state index in [4.69, 9.17) is 9.47 Å². The summed E-state index contributed by atoms with van der Waals surface area (Å²) >= 11 is 0. The van der Waals surface area contributed by atoms with Crippen molar-refractivity contribution in [3.63, 3.8) is 0 Å². The van der Waals surface area contributed by atoms with Gasteiger partial charge in [-0.2, -0.15) is 0 Å².